The van der Waals surface area contributed by atoms with Gasteiger partial charge in [0.2, 0.25) is 0 Å². The summed E-state index contributed by atoms with van der Waals surface area (Å²) >= 11 is 0. The van der Waals surface area contributed by atoms with Crippen LogP contribution in [0.15, 0.2) is 18.2 Å². The second-order valence-corrected chi connectivity index (χ2v) is 7.86. The van der Waals surface area contributed by atoms with Gasteiger partial charge >= 0.3 is 5.97 Å². The minimum absolute atomic E-state index is 0.0320. The number of carbonyl (C=O) groups is 2. The predicted octanol–water partition coefficient (Wildman–Crippen LogP) is 1.67. The molecular formula is C20H22N4O5. The second-order valence-electron chi connectivity index (χ2n) is 7.86. The molecule has 1 aromatic heterocycles. The summed E-state index contributed by atoms with van der Waals surface area (Å²) in [4.78, 5) is 26.5. The van der Waals surface area contributed by atoms with Crippen molar-refractivity contribution in [3.63, 3.8) is 0 Å². The molecule has 3 atom stereocenters. The molecule has 0 radical (unpaired) electrons. The van der Waals surface area contributed by atoms with E-state index in [0.717, 1.165) is 19.3 Å². The highest BCUT2D eigenvalue weighted by atomic mass is 16.6. The van der Waals surface area contributed by atoms with E-state index in [4.69, 9.17) is 9.47 Å². The van der Waals surface area contributed by atoms with Gasteiger partial charge in [0.15, 0.2) is 17.2 Å². The van der Waals surface area contributed by atoms with Crippen LogP contribution in [0.5, 0.6) is 11.5 Å². The van der Waals surface area contributed by atoms with Crippen molar-refractivity contribution < 1.29 is 24.2 Å². The van der Waals surface area contributed by atoms with Crippen LogP contribution in [0.3, 0.4) is 0 Å². The minimum atomic E-state index is -0.940. The van der Waals surface area contributed by atoms with Gasteiger partial charge < -0.3 is 19.5 Å². The van der Waals surface area contributed by atoms with Crippen LogP contribution in [0.1, 0.15) is 35.4 Å². The number of carboxylic acids is 1. The summed E-state index contributed by atoms with van der Waals surface area (Å²) in [7, 11) is 0. The van der Waals surface area contributed by atoms with Crippen molar-refractivity contribution in [1.82, 2.24) is 19.9 Å². The van der Waals surface area contributed by atoms with E-state index in [1.54, 1.807) is 23.7 Å². The molecule has 3 aliphatic rings. The van der Waals surface area contributed by atoms with Crippen molar-refractivity contribution in [2.75, 3.05) is 19.8 Å². The lowest BCUT2D eigenvalue weighted by Crippen LogP contribution is -2.43. The molecule has 9 heteroatoms. The van der Waals surface area contributed by atoms with Gasteiger partial charge in [0.1, 0.15) is 19.3 Å². The number of benzene rings is 1. The van der Waals surface area contributed by atoms with Crippen molar-refractivity contribution in [3.8, 4) is 17.2 Å². The number of aliphatic carboxylic acids is 1. The molecule has 29 heavy (non-hydrogen) atoms. The first-order chi connectivity index (χ1) is 14.0. The van der Waals surface area contributed by atoms with Crippen LogP contribution in [0.2, 0.25) is 0 Å². The Labute approximate surface area is 167 Å². The molecule has 9 nitrogen and oxygen atoms in total. The fourth-order valence-electron chi connectivity index (χ4n) is 4.90. The lowest BCUT2D eigenvalue weighted by Gasteiger charge is -2.23. The third-order valence-electron chi connectivity index (χ3n) is 6.27. The molecule has 1 saturated carbocycles. The molecule has 1 aliphatic carbocycles. The third-order valence-corrected chi connectivity index (χ3v) is 6.27. The van der Waals surface area contributed by atoms with E-state index in [9.17, 15) is 14.7 Å². The number of likely N-dealkylation sites (tertiary alicyclic amines) is 1. The number of ether oxygens (including phenoxy) is 2. The first-order valence-corrected chi connectivity index (χ1v) is 9.90. The Kier molecular flexibility index (Phi) is 4.18. The Bertz CT molecular complexity index is 987. The van der Waals surface area contributed by atoms with Gasteiger partial charge in [-0.2, -0.15) is 0 Å². The van der Waals surface area contributed by atoms with Crippen LogP contribution in [0.4, 0.5) is 0 Å². The lowest BCUT2D eigenvalue weighted by molar-refractivity contribution is -0.142. The summed E-state index contributed by atoms with van der Waals surface area (Å²) in [6.45, 7) is 3.22. The number of amides is 1. The molecule has 1 amide bonds. The molecule has 2 aromatic rings. The molecule has 3 unspecified atom stereocenters. The van der Waals surface area contributed by atoms with E-state index in [-0.39, 0.29) is 23.4 Å². The number of carbonyl (C=O) groups excluding carboxylic acids is 1. The monoisotopic (exact) mass is 398 g/mol. The molecule has 1 aromatic carbocycles. The van der Waals surface area contributed by atoms with E-state index < -0.39 is 12.0 Å². The summed E-state index contributed by atoms with van der Waals surface area (Å²) in [6.07, 6.45) is 2.86. The SMILES string of the molecule is Cc1c(C(=O)N2CC3CCCC3C2C(=O)O)nnn1-c1ccc2c(c1)OCCO2. The summed E-state index contributed by atoms with van der Waals surface area (Å²) in [5.41, 5.74) is 1.45. The molecule has 1 saturated heterocycles. The maximum atomic E-state index is 13.2. The van der Waals surface area contributed by atoms with Gasteiger partial charge in [-0.1, -0.05) is 11.6 Å². The molecule has 0 bridgehead atoms. The zero-order chi connectivity index (χ0) is 20.1. The number of nitrogens with zero attached hydrogens (tertiary/aromatic N) is 4. The number of hydrogen-bond donors (Lipinski definition) is 1. The predicted molar refractivity (Wildman–Crippen MR) is 100 cm³/mol. The Balaban J connectivity index is 1.45. The Morgan fingerprint density at radius 2 is 1.97 bits per heavy atom. The van der Waals surface area contributed by atoms with Gasteiger partial charge in [-0.25, -0.2) is 9.48 Å². The van der Waals surface area contributed by atoms with Gasteiger partial charge in [-0.05, 0) is 43.7 Å². The zero-order valence-corrected chi connectivity index (χ0v) is 16.1. The van der Waals surface area contributed by atoms with Crippen LogP contribution in [0, 0.1) is 18.8 Å². The summed E-state index contributed by atoms with van der Waals surface area (Å²) in [5, 5.41) is 18.0. The Morgan fingerprint density at radius 1 is 1.17 bits per heavy atom. The van der Waals surface area contributed by atoms with Crippen LogP contribution in [0.25, 0.3) is 5.69 Å². The normalized spacial score (nSPS) is 25.1. The average Bonchev–Trinajstić information content (AvgIpc) is 3.41. The maximum absolute atomic E-state index is 13.2. The van der Waals surface area contributed by atoms with E-state index in [1.807, 2.05) is 6.07 Å². The van der Waals surface area contributed by atoms with Crippen molar-refractivity contribution >= 4 is 11.9 Å². The summed E-state index contributed by atoms with van der Waals surface area (Å²) < 4.78 is 12.7. The first kappa shape index (κ1) is 18.0. The third kappa shape index (κ3) is 2.83. The lowest BCUT2D eigenvalue weighted by atomic mass is 9.94. The van der Waals surface area contributed by atoms with Crippen LogP contribution < -0.4 is 9.47 Å². The van der Waals surface area contributed by atoms with Gasteiger partial charge in [0, 0.05) is 12.6 Å². The minimum Gasteiger partial charge on any atom is -0.486 e. The first-order valence-electron chi connectivity index (χ1n) is 9.90. The number of rotatable bonds is 3. The number of carboxylic acid groups (broad SMARTS) is 1. The van der Waals surface area contributed by atoms with E-state index in [2.05, 4.69) is 10.3 Å². The quantitative estimate of drug-likeness (QED) is 0.838. The molecule has 152 valence electrons. The Morgan fingerprint density at radius 3 is 2.76 bits per heavy atom. The number of aromatic nitrogens is 3. The van der Waals surface area contributed by atoms with Crippen LogP contribution in [-0.2, 0) is 4.79 Å². The second kappa shape index (κ2) is 6.75. The molecule has 3 heterocycles. The number of fused-ring (bicyclic) bond motifs is 2. The van der Waals surface area contributed by atoms with Gasteiger partial charge in [-0.15, -0.1) is 5.10 Å². The topological polar surface area (TPSA) is 107 Å². The standard InChI is InChI=1S/C20H22N4O5/c1-11-17(19(25)23-10-12-3-2-4-14(12)18(23)20(26)27)21-22-24(11)13-5-6-15-16(9-13)29-8-7-28-15/h5-6,9,12,14,18H,2-4,7-8,10H2,1H3,(H,26,27). The fourth-order valence-corrected chi connectivity index (χ4v) is 4.90. The fraction of sp³-hybridized carbons (Fsp3) is 0.500. The molecular weight excluding hydrogens is 376 g/mol. The summed E-state index contributed by atoms with van der Waals surface area (Å²) in [5.74, 6) is 0.271. The van der Waals surface area contributed by atoms with Crippen LogP contribution in [-0.4, -0.2) is 62.7 Å². The smallest absolute Gasteiger partial charge is 0.326 e. The van der Waals surface area contributed by atoms with Crippen molar-refractivity contribution in [1.29, 1.82) is 0 Å². The Hall–Kier alpha value is -3.10. The largest absolute Gasteiger partial charge is 0.486 e. The molecule has 5 rings (SSSR count). The van der Waals surface area contributed by atoms with Crippen molar-refractivity contribution in [2.45, 2.75) is 32.2 Å². The molecule has 1 N–H and O–H groups in total. The van der Waals surface area contributed by atoms with Gasteiger partial charge in [0.05, 0.1) is 11.4 Å². The highest BCUT2D eigenvalue weighted by Crippen LogP contribution is 2.42. The van der Waals surface area contributed by atoms with E-state index in [1.165, 1.54) is 4.90 Å². The van der Waals surface area contributed by atoms with E-state index >= 15 is 0 Å². The van der Waals surface area contributed by atoms with Crippen molar-refractivity contribution in [2.24, 2.45) is 11.8 Å². The molecule has 2 fully saturated rings. The van der Waals surface area contributed by atoms with Crippen LogP contribution >= 0.6 is 0 Å². The maximum Gasteiger partial charge on any atom is 0.326 e. The number of hydrogen-bond acceptors (Lipinski definition) is 6. The zero-order valence-electron chi connectivity index (χ0n) is 16.1. The molecule has 2 aliphatic heterocycles. The highest BCUT2D eigenvalue weighted by molar-refractivity contribution is 5.96. The van der Waals surface area contributed by atoms with Gasteiger partial charge in [-0.3, -0.25) is 4.79 Å². The highest BCUT2D eigenvalue weighted by Gasteiger charge is 2.50. The van der Waals surface area contributed by atoms with Crippen molar-refractivity contribution in [3.05, 3.63) is 29.6 Å². The summed E-state index contributed by atoms with van der Waals surface area (Å²) in [6, 6.07) is 4.64. The van der Waals surface area contributed by atoms with Gasteiger partial charge in [0.25, 0.3) is 5.91 Å². The average molecular weight is 398 g/mol. The molecule has 0 spiro atoms. The van der Waals surface area contributed by atoms with E-state index in [0.29, 0.717) is 42.6 Å².